The lowest BCUT2D eigenvalue weighted by atomic mass is 9.83. The Bertz CT molecular complexity index is 691. The summed E-state index contributed by atoms with van der Waals surface area (Å²) in [5, 5.41) is 18.3. The van der Waals surface area contributed by atoms with Crippen molar-refractivity contribution in [1.29, 1.82) is 0 Å². The second-order valence-electron chi connectivity index (χ2n) is 5.39. The van der Waals surface area contributed by atoms with Gasteiger partial charge in [0.05, 0.1) is 10.5 Å². The average Bonchev–Trinajstić information content (AvgIpc) is 2.47. The summed E-state index contributed by atoms with van der Waals surface area (Å²) < 4.78 is 27.1. The van der Waals surface area contributed by atoms with E-state index in [0.717, 1.165) is 12.5 Å². The highest BCUT2D eigenvalue weighted by atomic mass is 32.2. The van der Waals surface area contributed by atoms with Gasteiger partial charge in [0, 0.05) is 0 Å². The van der Waals surface area contributed by atoms with Gasteiger partial charge in [-0.3, -0.25) is 4.79 Å². The fraction of sp³-hybridized carbons (Fsp3) is 0.429. The van der Waals surface area contributed by atoms with Gasteiger partial charge in [0.2, 0.25) is 10.0 Å². The van der Waals surface area contributed by atoms with Crippen LogP contribution in [0, 0.1) is 0 Å². The molecule has 0 aliphatic heterocycles. The Kier molecular flexibility index (Phi) is 4.52. The van der Waals surface area contributed by atoms with E-state index in [1.165, 1.54) is 18.2 Å². The highest BCUT2D eigenvalue weighted by Crippen LogP contribution is 2.30. The number of carboxylic acid groups (broad SMARTS) is 2. The third-order valence-electron chi connectivity index (χ3n) is 3.84. The van der Waals surface area contributed by atoms with Crippen molar-refractivity contribution >= 4 is 22.0 Å². The van der Waals surface area contributed by atoms with E-state index >= 15 is 0 Å². The maximum absolute atomic E-state index is 12.4. The Balaban J connectivity index is 2.35. The van der Waals surface area contributed by atoms with Crippen molar-refractivity contribution in [3.63, 3.8) is 0 Å². The molecular weight excluding hydrogens is 310 g/mol. The molecule has 1 fully saturated rings. The Hall–Kier alpha value is -1.93. The molecule has 22 heavy (non-hydrogen) atoms. The van der Waals surface area contributed by atoms with Crippen molar-refractivity contribution in [2.75, 3.05) is 0 Å². The zero-order valence-electron chi connectivity index (χ0n) is 11.8. The van der Waals surface area contributed by atoms with Gasteiger partial charge in [-0.2, -0.15) is 4.72 Å². The highest BCUT2D eigenvalue weighted by Gasteiger charge is 2.43. The van der Waals surface area contributed by atoms with Crippen LogP contribution < -0.4 is 4.72 Å². The molecule has 3 N–H and O–H groups in total. The Morgan fingerprint density at radius 2 is 1.73 bits per heavy atom. The van der Waals surface area contributed by atoms with Gasteiger partial charge in [0.15, 0.2) is 0 Å². The minimum atomic E-state index is -4.11. The van der Waals surface area contributed by atoms with Gasteiger partial charge in [-0.15, -0.1) is 0 Å². The first-order valence-corrected chi connectivity index (χ1v) is 8.36. The average molecular weight is 327 g/mol. The molecule has 0 saturated heterocycles. The monoisotopic (exact) mass is 327 g/mol. The number of hydrogen-bond acceptors (Lipinski definition) is 4. The van der Waals surface area contributed by atoms with Crippen LogP contribution in [0.5, 0.6) is 0 Å². The van der Waals surface area contributed by atoms with E-state index < -0.39 is 27.5 Å². The summed E-state index contributed by atoms with van der Waals surface area (Å²) in [6.45, 7) is 0. The molecule has 1 aliphatic carbocycles. The minimum Gasteiger partial charge on any atom is -0.480 e. The summed E-state index contributed by atoms with van der Waals surface area (Å²) in [4.78, 5) is 22.2. The van der Waals surface area contributed by atoms with Crippen molar-refractivity contribution < 1.29 is 28.2 Å². The van der Waals surface area contributed by atoms with E-state index in [1.807, 2.05) is 0 Å². The Morgan fingerprint density at radius 1 is 1.09 bits per heavy atom. The molecule has 8 heteroatoms. The molecule has 0 spiro atoms. The predicted octanol–water partition coefficient (Wildman–Crippen LogP) is 1.45. The third kappa shape index (κ3) is 3.28. The number of aromatic carboxylic acids is 1. The molecular formula is C14H17NO6S. The van der Waals surface area contributed by atoms with E-state index in [0.29, 0.717) is 12.8 Å². The first-order chi connectivity index (χ1) is 10.3. The topological polar surface area (TPSA) is 121 Å². The lowest BCUT2D eigenvalue weighted by molar-refractivity contribution is -0.145. The molecule has 120 valence electrons. The van der Waals surface area contributed by atoms with Gasteiger partial charge in [0.1, 0.15) is 5.54 Å². The quantitative estimate of drug-likeness (QED) is 0.752. The Labute approximate surface area is 128 Å². The number of aliphatic carboxylic acids is 1. The first kappa shape index (κ1) is 16.4. The lowest BCUT2D eigenvalue weighted by Gasteiger charge is -2.33. The summed E-state index contributed by atoms with van der Waals surface area (Å²) >= 11 is 0. The van der Waals surface area contributed by atoms with Crippen molar-refractivity contribution in [3.8, 4) is 0 Å². The number of hydrogen-bond donors (Lipinski definition) is 3. The fourth-order valence-electron chi connectivity index (χ4n) is 2.63. The van der Waals surface area contributed by atoms with Crippen LogP contribution >= 0.6 is 0 Å². The molecule has 0 radical (unpaired) electrons. The summed E-state index contributed by atoms with van der Waals surface area (Å²) in [5.41, 5.74) is -1.69. The fourth-order valence-corrected chi connectivity index (χ4v) is 4.09. The summed E-state index contributed by atoms with van der Waals surface area (Å²) in [5.74, 6) is -2.45. The maximum atomic E-state index is 12.4. The molecule has 0 unspecified atom stereocenters. The summed E-state index contributed by atoms with van der Waals surface area (Å²) in [7, 11) is -4.11. The van der Waals surface area contributed by atoms with Crippen LogP contribution in [-0.2, 0) is 14.8 Å². The van der Waals surface area contributed by atoms with E-state index in [9.17, 15) is 23.1 Å². The number of carbonyl (C=O) groups is 2. The van der Waals surface area contributed by atoms with Gasteiger partial charge in [-0.25, -0.2) is 13.2 Å². The molecule has 0 heterocycles. The predicted molar refractivity (Wildman–Crippen MR) is 77.2 cm³/mol. The van der Waals surface area contributed by atoms with Gasteiger partial charge >= 0.3 is 11.9 Å². The molecule has 1 aromatic carbocycles. The zero-order chi connectivity index (χ0) is 16.4. The largest absolute Gasteiger partial charge is 0.480 e. The van der Waals surface area contributed by atoms with Crippen LogP contribution in [0.25, 0.3) is 0 Å². The number of sulfonamides is 1. The first-order valence-electron chi connectivity index (χ1n) is 6.88. The third-order valence-corrected chi connectivity index (χ3v) is 5.37. The van der Waals surface area contributed by atoms with Crippen LogP contribution in [0.4, 0.5) is 0 Å². The molecule has 1 aliphatic rings. The van der Waals surface area contributed by atoms with E-state index in [-0.39, 0.29) is 23.3 Å². The summed E-state index contributed by atoms with van der Waals surface area (Å²) in [6, 6.07) is 4.84. The van der Waals surface area contributed by atoms with Crippen molar-refractivity contribution in [3.05, 3.63) is 29.8 Å². The molecule has 1 saturated carbocycles. The SMILES string of the molecule is O=C(O)c1cccc(S(=O)(=O)NC2(C(=O)O)CCCCC2)c1. The molecule has 0 atom stereocenters. The van der Waals surface area contributed by atoms with Crippen LogP contribution in [0.2, 0.25) is 0 Å². The Morgan fingerprint density at radius 3 is 2.27 bits per heavy atom. The van der Waals surface area contributed by atoms with Gasteiger partial charge in [-0.1, -0.05) is 25.3 Å². The van der Waals surface area contributed by atoms with E-state index in [2.05, 4.69) is 4.72 Å². The molecule has 1 aromatic rings. The maximum Gasteiger partial charge on any atom is 0.335 e. The van der Waals surface area contributed by atoms with Crippen molar-refractivity contribution in [1.82, 2.24) is 4.72 Å². The standard InChI is InChI=1S/C14H17NO6S/c16-12(17)10-5-4-6-11(9-10)22(20,21)15-14(13(18)19)7-2-1-3-8-14/h4-6,9,15H,1-3,7-8H2,(H,16,17)(H,18,19). The second-order valence-corrected chi connectivity index (χ2v) is 7.07. The number of benzene rings is 1. The molecule has 0 amide bonds. The van der Waals surface area contributed by atoms with Crippen LogP contribution in [0.1, 0.15) is 42.5 Å². The number of rotatable bonds is 5. The van der Waals surface area contributed by atoms with Crippen LogP contribution in [0.15, 0.2) is 29.2 Å². The van der Waals surface area contributed by atoms with Gasteiger partial charge in [-0.05, 0) is 31.0 Å². The van der Waals surface area contributed by atoms with Crippen molar-refractivity contribution in [2.24, 2.45) is 0 Å². The second kappa shape index (κ2) is 6.05. The van der Waals surface area contributed by atoms with Crippen LogP contribution in [0.3, 0.4) is 0 Å². The van der Waals surface area contributed by atoms with Gasteiger partial charge < -0.3 is 10.2 Å². The molecule has 7 nitrogen and oxygen atoms in total. The molecule has 0 aromatic heterocycles. The zero-order valence-corrected chi connectivity index (χ0v) is 12.6. The smallest absolute Gasteiger partial charge is 0.335 e. The van der Waals surface area contributed by atoms with E-state index in [4.69, 9.17) is 5.11 Å². The number of nitrogens with one attached hydrogen (secondary N) is 1. The lowest BCUT2D eigenvalue weighted by Crippen LogP contribution is -2.55. The highest BCUT2D eigenvalue weighted by molar-refractivity contribution is 7.89. The minimum absolute atomic E-state index is 0.170. The molecule has 0 bridgehead atoms. The van der Waals surface area contributed by atoms with E-state index in [1.54, 1.807) is 0 Å². The number of carboxylic acids is 2. The van der Waals surface area contributed by atoms with Gasteiger partial charge in [0.25, 0.3) is 0 Å². The molecule has 2 rings (SSSR count). The van der Waals surface area contributed by atoms with Crippen molar-refractivity contribution in [2.45, 2.75) is 42.5 Å². The van der Waals surface area contributed by atoms with Crippen LogP contribution in [-0.4, -0.2) is 36.1 Å². The normalized spacial score (nSPS) is 17.8. The summed E-state index contributed by atoms with van der Waals surface area (Å²) in [6.07, 6.45) is 2.57.